The first kappa shape index (κ1) is 13.4. The number of carboxylic acids is 1. The second kappa shape index (κ2) is 5.27. The molecule has 0 bridgehead atoms. The zero-order valence-electron chi connectivity index (χ0n) is 11.1. The molecule has 2 heterocycles. The van der Waals surface area contributed by atoms with Gasteiger partial charge in [0, 0.05) is 18.9 Å². The van der Waals surface area contributed by atoms with Gasteiger partial charge in [-0.1, -0.05) is 5.16 Å². The van der Waals surface area contributed by atoms with Gasteiger partial charge >= 0.3 is 5.97 Å². The summed E-state index contributed by atoms with van der Waals surface area (Å²) in [6.45, 7) is 4.47. The van der Waals surface area contributed by atoms with E-state index in [4.69, 9.17) is 14.4 Å². The van der Waals surface area contributed by atoms with E-state index in [1.807, 2.05) is 18.4 Å². The van der Waals surface area contributed by atoms with Crippen molar-refractivity contribution in [3.05, 3.63) is 40.5 Å². The zero-order chi connectivity index (χ0) is 14.0. The molecule has 0 radical (unpaired) electrons. The van der Waals surface area contributed by atoms with Crippen molar-refractivity contribution >= 4 is 5.97 Å². The van der Waals surface area contributed by atoms with Gasteiger partial charge in [-0.05, 0) is 19.9 Å². The Balaban J connectivity index is 2.37. The molecule has 0 unspecified atom stereocenters. The van der Waals surface area contributed by atoms with Crippen molar-refractivity contribution in [1.29, 1.82) is 0 Å². The topological polar surface area (TPSA) is 77.5 Å². The molecule has 0 amide bonds. The van der Waals surface area contributed by atoms with E-state index in [0.29, 0.717) is 12.2 Å². The van der Waals surface area contributed by atoms with Gasteiger partial charge < -0.3 is 18.9 Å². The number of carbonyl (C=O) groups is 1. The van der Waals surface area contributed by atoms with Gasteiger partial charge in [-0.3, -0.25) is 0 Å². The zero-order valence-corrected chi connectivity index (χ0v) is 11.1. The fourth-order valence-corrected chi connectivity index (χ4v) is 2.04. The third kappa shape index (κ3) is 2.53. The maximum absolute atomic E-state index is 11.1. The summed E-state index contributed by atoms with van der Waals surface area (Å²) < 4.78 is 12.0. The van der Waals surface area contributed by atoms with E-state index in [9.17, 15) is 4.79 Å². The number of aryl methyl sites for hydroxylation is 2. The van der Waals surface area contributed by atoms with Gasteiger partial charge in [0.25, 0.3) is 0 Å². The predicted octanol–water partition coefficient (Wildman–Crippen LogP) is 1.99. The van der Waals surface area contributed by atoms with Crippen LogP contribution in [0.2, 0.25) is 0 Å². The van der Waals surface area contributed by atoms with E-state index in [1.54, 1.807) is 19.4 Å². The van der Waals surface area contributed by atoms with Gasteiger partial charge in [0.2, 0.25) is 0 Å². The van der Waals surface area contributed by atoms with Gasteiger partial charge in [-0.25, -0.2) is 4.79 Å². The van der Waals surface area contributed by atoms with Gasteiger partial charge in [0.1, 0.15) is 5.76 Å². The molecule has 6 nitrogen and oxygen atoms in total. The Labute approximate surface area is 110 Å². The lowest BCUT2D eigenvalue weighted by Gasteiger charge is -2.09. The molecule has 0 saturated carbocycles. The molecule has 0 fully saturated rings. The number of hydrogen-bond acceptors (Lipinski definition) is 4. The highest BCUT2D eigenvalue weighted by Gasteiger charge is 2.17. The van der Waals surface area contributed by atoms with Gasteiger partial charge in [-0.15, -0.1) is 0 Å². The third-order valence-corrected chi connectivity index (χ3v) is 3.10. The highest BCUT2D eigenvalue weighted by molar-refractivity contribution is 5.89. The van der Waals surface area contributed by atoms with Crippen LogP contribution in [0, 0.1) is 13.8 Å². The first-order chi connectivity index (χ1) is 9.04. The maximum atomic E-state index is 11.1. The Kier molecular flexibility index (Phi) is 3.71. The van der Waals surface area contributed by atoms with Crippen LogP contribution in [0.5, 0.6) is 0 Å². The Morgan fingerprint density at radius 3 is 2.79 bits per heavy atom. The number of ether oxygens (including phenoxy) is 1. The minimum absolute atomic E-state index is 0.248. The first-order valence-electron chi connectivity index (χ1n) is 5.86. The molecule has 0 spiro atoms. The second-order valence-corrected chi connectivity index (χ2v) is 4.34. The van der Waals surface area contributed by atoms with Crippen LogP contribution in [0.3, 0.4) is 0 Å². The average molecular weight is 264 g/mol. The largest absolute Gasteiger partial charge is 0.478 e. The van der Waals surface area contributed by atoms with Crippen molar-refractivity contribution in [2.45, 2.75) is 27.0 Å². The SMILES string of the molecule is COCc1c(C(=O)O)ccn1Cc1c(C)noc1C. The van der Waals surface area contributed by atoms with Crippen LogP contribution in [-0.2, 0) is 17.9 Å². The minimum Gasteiger partial charge on any atom is -0.478 e. The summed E-state index contributed by atoms with van der Waals surface area (Å²) in [5.41, 5.74) is 2.67. The Morgan fingerprint density at radius 2 is 2.26 bits per heavy atom. The third-order valence-electron chi connectivity index (χ3n) is 3.10. The van der Waals surface area contributed by atoms with E-state index >= 15 is 0 Å². The van der Waals surface area contributed by atoms with Gasteiger partial charge in [0.15, 0.2) is 0 Å². The Hall–Kier alpha value is -2.08. The Morgan fingerprint density at radius 1 is 1.53 bits per heavy atom. The molecule has 0 aromatic carbocycles. The summed E-state index contributed by atoms with van der Waals surface area (Å²) in [6.07, 6.45) is 1.74. The predicted molar refractivity (Wildman–Crippen MR) is 67.2 cm³/mol. The lowest BCUT2D eigenvalue weighted by Crippen LogP contribution is -2.09. The number of carboxylic acid groups (broad SMARTS) is 1. The van der Waals surface area contributed by atoms with Crippen LogP contribution in [0.15, 0.2) is 16.8 Å². The van der Waals surface area contributed by atoms with Crippen LogP contribution < -0.4 is 0 Å². The fourth-order valence-electron chi connectivity index (χ4n) is 2.04. The average Bonchev–Trinajstić information content (AvgIpc) is 2.89. The number of nitrogens with zero attached hydrogens (tertiary/aromatic N) is 2. The summed E-state index contributed by atoms with van der Waals surface area (Å²) in [5, 5.41) is 13.0. The smallest absolute Gasteiger partial charge is 0.337 e. The van der Waals surface area contributed by atoms with Crippen molar-refractivity contribution in [2.75, 3.05) is 7.11 Å². The van der Waals surface area contributed by atoms with Gasteiger partial charge in [-0.2, -0.15) is 0 Å². The molecular weight excluding hydrogens is 248 g/mol. The molecule has 19 heavy (non-hydrogen) atoms. The molecule has 0 aliphatic rings. The highest BCUT2D eigenvalue weighted by Crippen LogP contribution is 2.18. The highest BCUT2D eigenvalue weighted by atomic mass is 16.5. The van der Waals surface area contributed by atoms with Crippen molar-refractivity contribution in [3.63, 3.8) is 0 Å². The van der Waals surface area contributed by atoms with E-state index in [-0.39, 0.29) is 12.2 Å². The van der Waals surface area contributed by atoms with Gasteiger partial charge in [0.05, 0.1) is 30.1 Å². The molecule has 6 heteroatoms. The standard InChI is InChI=1S/C13H16N2O4/c1-8-11(9(2)19-14-8)6-15-5-4-10(13(16)17)12(15)7-18-3/h4-5H,6-7H2,1-3H3,(H,16,17). The lowest BCUT2D eigenvalue weighted by atomic mass is 10.2. The number of methoxy groups -OCH3 is 1. The quantitative estimate of drug-likeness (QED) is 0.893. The van der Waals surface area contributed by atoms with Crippen LogP contribution in [0.1, 0.15) is 33.1 Å². The number of hydrogen-bond donors (Lipinski definition) is 1. The van der Waals surface area contributed by atoms with Crippen LogP contribution >= 0.6 is 0 Å². The van der Waals surface area contributed by atoms with Crippen molar-refractivity contribution < 1.29 is 19.2 Å². The second-order valence-electron chi connectivity index (χ2n) is 4.34. The minimum atomic E-state index is -0.954. The van der Waals surface area contributed by atoms with E-state index in [2.05, 4.69) is 5.16 Å². The monoisotopic (exact) mass is 264 g/mol. The summed E-state index contributed by atoms with van der Waals surface area (Å²) in [4.78, 5) is 11.1. The van der Waals surface area contributed by atoms with Crippen molar-refractivity contribution in [1.82, 2.24) is 9.72 Å². The first-order valence-corrected chi connectivity index (χ1v) is 5.86. The number of rotatable bonds is 5. The summed E-state index contributed by atoms with van der Waals surface area (Å²) in [5.74, 6) is -0.212. The van der Waals surface area contributed by atoms with E-state index in [1.165, 1.54) is 0 Å². The fraction of sp³-hybridized carbons (Fsp3) is 0.385. The molecule has 2 aromatic rings. The van der Waals surface area contributed by atoms with Crippen LogP contribution in [-0.4, -0.2) is 27.9 Å². The number of aromatic nitrogens is 2. The summed E-state index contributed by atoms with van der Waals surface area (Å²) in [7, 11) is 1.54. The summed E-state index contributed by atoms with van der Waals surface area (Å²) in [6, 6.07) is 1.58. The number of aromatic carboxylic acids is 1. The van der Waals surface area contributed by atoms with E-state index < -0.39 is 5.97 Å². The molecule has 2 aromatic heterocycles. The normalized spacial score (nSPS) is 10.9. The van der Waals surface area contributed by atoms with Crippen LogP contribution in [0.25, 0.3) is 0 Å². The van der Waals surface area contributed by atoms with Crippen molar-refractivity contribution in [3.8, 4) is 0 Å². The molecule has 0 saturated heterocycles. The molecule has 1 N–H and O–H groups in total. The van der Waals surface area contributed by atoms with Crippen molar-refractivity contribution in [2.24, 2.45) is 0 Å². The molecule has 2 rings (SSSR count). The van der Waals surface area contributed by atoms with E-state index in [0.717, 1.165) is 17.0 Å². The van der Waals surface area contributed by atoms with Crippen LogP contribution in [0.4, 0.5) is 0 Å². The lowest BCUT2D eigenvalue weighted by molar-refractivity contribution is 0.0691. The molecule has 102 valence electrons. The maximum Gasteiger partial charge on any atom is 0.337 e. The molecule has 0 aliphatic carbocycles. The molecule has 0 aliphatic heterocycles. The Bertz CT molecular complexity index is 578. The summed E-state index contributed by atoms with van der Waals surface area (Å²) >= 11 is 0. The molecular formula is C13H16N2O4. The molecule has 0 atom stereocenters.